The molecular formula is C15H18N4O. The number of para-hydroxylation sites is 1. The summed E-state index contributed by atoms with van der Waals surface area (Å²) in [5.74, 6) is 0.863. The molecule has 1 amide bonds. The first-order valence-corrected chi connectivity index (χ1v) is 6.89. The van der Waals surface area contributed by atoms with Gasteiger partial charge in [0.15, 0.2) is 0 Å². The van der Waals surface area contributed by atoms with E-state index in [-0.39, 0.29) is 12.5 Å². The minimum Gasteiger partial charge on any atom is -0.325 e. The summed E-state index contributed by atoms with van der Waals surface area (Å²) >= 11 is 0. The van der Waals surface area contributed by atoms with Gasteiger partial charge < -0.3 is 15.2 Å². The molecular weight excluding hydrogens is 252 g/mol. The van der Waals surface area contributed by atoms with E-state index >= 15 is 0 Å². The number of hydrogen-bond acceptors (Lipinski definition) is 3. The summed E-state index contributed by atoms with van der Waals surface area (Å²) in [4.78, 5) is 16.3. The van der Waals surface area contributed by atoms with Crippen LogP contribution in [0.2, 0.25) is 0 Å². The van der Waals surface area contributed by atoms with Crippen LogP contribution in [-0.4, -0.2) is 21.5 Å². The molecule has 3 rings (SSSR count). The maximum atomic E-state index is 12.0. The number of nitrogens with one attached hydrogen (secondary N) is 2. The van der Waals surface area contributed by atoms with Crippen molar-refractivity contribution in [3.8, 4) is 0 Å². The number of rotatable bonds is 6. The number of amides is 1. The number of carbonyl (C=O) groups is 1. The van der Waals surface area contributed by atoms with Crippen LogP contribution in [0.25, 0.3) is 0 Å². The number of aromatic nitrogens is 2. The molecule has 0 spiro atoms. The van der Waals surface area contributed by atoms with E-state index in [9.17, 15) is 4.79 Å². The molecule has 0 radical (unpaired) electrons. The summed E-state index contributed by atoms with van der Waals surface area (Å²) in [6.07, 6.45) is 6.07. The molecule has 0 saturated heterocycles. The number of carbonyl (C=O) groups excluding carboxylic acids is 1. The minimum atomic E-state index is -0.0399. The van der Waals surface area contributed by atoms with Crippen LogP contribution in [0.3, 0.4) is 0 Å². The zero-order valence-electron chi connectivity index (χ0n) is 11.2. The van der Waals surface area contributed by atoms with Crippen LogP contribution in [0, 0.1) is 0 Å². The SMILES string of the molecule is O=C(Cn1ccnc1CNC1CC1)Nc1ccccc1. The Morgan fingerprint density at radius 1 is 1.30 bits per heavy atom. The fraction of sp³-hybridized carbons (Fsp3) is 0.333. The minimum absolute atomic E-state index is 0.0399. The van der Waals surface area contributed by atoms with E-state index < -0.39 is 0 Å². The third-order valence-corrected chi connectivity index (χ3v) is 3.30. The van der Waals surface area contributed by atoms with E-state index in [2.05, 4.69) is 15.6 Å². The van der Waals surface area contributed by atoms with Gasteiger partial charge in [-0.05, 0) is 25.0 Å². The molecule has 2 N–H and O–H groups in total. The predicted octanol–water partition coefficient (Wildman–Crippen LogP) is 1.77. The highest BCUT2D eigenvalue weighted by Crippen LogP contribution is 2.19. The van der Waals surface area contributed by atoms with Gasteiger partial charge in [-0.2, -0.15) is 0 Å². The van der Waals surface area contributed by atoms with Crippen LogP contribution < -0.4 is 10.6 Å². The maximum absolute atomic E-state index is 12.0. The smallest absolute Gasteiger partial charge is 0.244 e. The van der Waals surface area contributed by atoms with Crippen molar-refractivity contribution >= 4 is 11.6 Å². The van der Waals surface area contributed by atoms with Crippen LogP contribution in [0.5, 0.6) is 0 Å². The fourth-order valence-corrected chi connectivity index (χ4v) is 2.05. The summed E-state index contributed by atoms with van der Waals surface area (Å²) in [6, 6.07) is 10.1. The van der Waals surface area contributed by atoms with Crippen molar-refractivity contribution in [2.45, 2.75) is 32.0 Å². The van der Waals surface area contributed by atoms with Crippen molar-refractivity contribution in [1.29, 1.82) is 0 Å². The average molecular weight is 270 g/mol. The van der Waals surface area contributed by atoms with Crippen molar-refractivity contribution in [3.05, 3.63) is 48.5 Å². The maximum Gasteiger partial charge on any atom is 0.244 e. The molecule has 1 saturated carbocycles. The molecule has 1 heterocycles. The van der Waals surface area contributed by atoms with Gasteiger partial charge in [-0.15, -0.1) is 0 Å². The van der Waals surface area contributed by atoms with Gasteiger partial charge in [0.1, 0.15) is 12.4 Å². The molecule has 1 aromatic heterocycles. The van der Waals surface area contributed by atoms with Gasteiger partial charge >= 0.3 is 0 Å². The van der Waals surface area contributed by atoms with Crippen molar-refractivity contribution in [2.75, 3.05) is 5.32 Å². The summed E-state index contributed by atoms with van der Waals surface area (Å²) < 4.78 is 1.88. The van der Waals surface area contributed by atoms with Gasteiger partial charge in [-0.1, -0.05) is 18.2 Å². The van der Waals surface area contributed by atoms with Crippen LogP contribution in [0.1, 0.15) is 18.7 Å². The Hall–Kier alpha value is -2.14. The molecule has 1 aromatic carbocycles. The Labute approximate surface area is 118 Å². The van der Waals surface area contributed by atoms with E-state index in [1.165, 1.54) is 12.8 Å². The molecule has 1 fully saturated rings. The zero-order chi connectivity index (χ0) is 13.8. The topological polar surface area (TPSA) is 59.0 Å². The highest BCUT2D eigenvalue weighted by atomic mass is 16.1. The first kappa shape index (κ1) is 12.9. The third kappa shape index (κ3) is 3.45. The molecule has 0 aliphatic heterocycles. The fourth-order valence-electron chi connectivity index (χ4n) is 2.05. The van der Waals surface area contributed by atoms with Crippen LogP contribution >= 0.6 is 0 Å². The van der Waals surface area contributed by atoms with Crippen LogP contribution in [0.4, 0.5) is 5.69 Å². The first-order chi connectivity index (χ1) is 9.81. The van der Waals surface area contributed by atoms with Crippen molar-refractivity contribution in [3.63, 3.8) is 0 Å². The molecule has 2 aromatic rings. The predicted molar refractivity (Wildman–Crippen MR) is 77.2 cm³/mol. The van der Waals surface area contributed by atoms with E-state index in [1.54, 1.807) is 6.20 Å². The summed E-state index contributed by atoms with van der Waals surface area (Å²) in [6.45, 7) is 1.01. The lowest BCUT2D eigenvalue weighted by atomic mass is 10.3. The van der Waals surface area contributed by atoms with Crippen LogP contribution in [0.15, 0.2) is 42.7 Å². The van der Waals surface area contributed by atoms with Gasteiger partial charge in [-0.25, -0.2) is 4.98 Å². The highest BCUT2D eigenvalue weighted by Gasteiger charge is 2.21. The lowest BCUT2D eigenvalue weighted by Crippen LogP contribution is -2.23. The standard InChI is InChI=1S/C15H18N4O/c20-15(18-13-4-2-1-3-5-13)11-19-9-8-16-14(19)10-17-12-6-7-12/h1-5,8-9,12,17H,6-7,10-11H2,(H,18,20). The number of benzene rings is 1. The molecule has 0 atom stereocenters. The van der Waals surface area contributed by atoms with E-state index in [1.807, 2.05) is 41.1 Å². The Kier molecular flexibility index (Phi) is 3.78. The number of nitrogens with zero attached hydrogens (tertiary/aromatic N) is 2. The Morgan fingerprint density at radius 3 is 2.85 bits per heavy atom. The Balaban J connectivity index is 1.56. The van der Waals surface area contributed by atoms with Gasteiger partial charge in [0.05, 0.1) is 6.54 Å². The first-order valence-electron chi connectivity index (χ1n) is 6.89. The van der Waals surface area contributed by atoms with Gasteiger partial charge in [0, 0.05) is 24.1 Å². The normalized spacial score (nSPS) is 14.2. The average Bonchev–Trinajstić information content (AvgIpc) is 3.18. The van der Waals surface area contributed by atoms with Gasteiger partial charge in [0.2, 0.25) is 5.91 Å². The van der Waals surface area contributed by atoms with Crippen molar-refractivity contribution < 1.29 is 4.79 Å². The zero-order valence-corrected chi connectivity index (χ0v) is 11.2. The molecule has 20 heavy (non-hydrogen) atoms. The quantitative estimate of drug-likeness (QED) is 0.841. The highest BCUT2D eigenvalue weighted by molar-refractivity contribution is 5.90. The second kappa shape index (κ2) is 5.88. The monoisotopic (exact) mass is 270 g/mol. The van der Waals surface area contributed by atoms with Gasteiger partial charge in [0.25, 0.3) is 0 Å². The molecule has 5 heteroatoms. The molecule has 5 nitrogen and oxygen atoms in total. The second-order valence-electron chi connectivity index (χ2n) is 5.04. The molecule has 1 aliphatic carbocycles. The van der Waals surface area contributed by atoms with E-state index in [4.69, 9.17) is 0 Å². The van der Waals surface area contributed by atoms with Crippen LogP contribution in [-0.2, 0) is 17.9 Å². The second-order valence-corrected chi connectivity index (χ2v) is 5.04. The molecule has 104 valence electrons. The third-order valence-electron chi connectivity index (χ3n) is 3.30. The van der Waals surface area contributed by atoms with Crippen molar-refractivity contribution in [1.82, 2.24) is 14.9 Å². The molecule has 0 bridgehead atoms. The van der Waals surface area contributed by atoms with Crippen molar-refractivity contribution in [2.24, 2.45) is 0 Å². The Morgan fingerprint density at radius 2 is 2.10 bits per heavy atom. The molecule has 0 unspecified atom stereocenters. The summed E-state index contributed by atoms with van der Waals surface area (Å²) in [7, 11) is 0. The number of hydrogen-bond donors (Lipinski definition) is 2. The largest absolute Gasteiger partial charge is 0.325 e. The van der Waals surface area contributed by atoms with E-state index in [0.29, 0.717) is 6.04 Å². The number of anilines is 1. The van der Waals surface area contributed by atoms with E-state index in [0.717, 1.165) is 18.1 Å². The summed E-state index contributed by atoms with van der Waals surface area (Å²) in [5, 5.41) is 6.28. The lowest BCUT2D eigenvalue weighted by molar-refractivity contribution is -0.116. The molecule has 1 aliphatic rings. The lowest BCUT2D eigenvalue weighted by Gasteiger charge is -2.09. The number of imidazole rings is 1. The van der Waals surface area contributed by atoms with Gasteiger partial charge in [-0.3, -0.25) is 4.79 Å². The Bertz CT molecular complexity index is 575. The summed E-state index contributed by atoms with van der Waals surface area (Å²) in [5.41, 5.74) is 0.815.